The van der Waals surface area contributed by atoms with E-state index >= 15 is 0 Å². The third-order valence-electron chi connectivity index (χ3n) is 2.33. The van der Waals surface area contributed by atoms with E-state index < -0.39 is 11.9 Å². The van der Waals surface area contributed by atoms with Gasteiger partial charge in [0, 0.05) is 5.56 Å². The van der Waals surface area contributed by atoms with E-state index in [-0.39, 0.29) is 12.2 Å². The minimum Gasteiger partial charge on any atom is -0.461 e. The molecule has 0 aliphatic rings. The Morgan fingerprint density at radius 1 is 1.31 bits per heavy atom. The Balaban J connectivity index is 3.21. The van der Waals surface area contributed by atoms with Gasteiger partial charge in [-0.1, -0.05) is 18.2 Å². The highest BCUT2D eigenvalue weighted by Crippen LogP contribution is 2.34. The normalized spacial score (nSPS) is 11.3. The smallest absolute Gasteiger partial charge is 0.382 e. The van der Waals surface area contributed by atoms with Crippen molar-refractivity contribution >= 4 is 5.97 Å². The number of halogens is 2. The van der Waals surface area contributed by atoms with Gasteiger partial charge in [0.1, 0.15) is 0 Å². The van der Waals surface area contributed by atoms with E-state index in [0.29, 0.717) is 11.1 Å². The predicted molar refractivity (Wildman–Crippen MR) is 56.4 cm³/mol. The summed E-state index contributed by atoms with van der Waals surface area (Å²) >= 11 is 0. The third-order valence-corrected chi connectivity index (χ3v) is 2.33. The Labute approximate surface area is 93.2 Å². The molecule has 0 atom stereocenters. The van der Waals surface area contributed by atoms with Gasteiger partial charge in [0.15, 0.2) is 0 Å². The summed E-state index contributed by atoms with van der Waals surface area (Å²) in [5.41, 5.74) is 0.518. The summed E-state index contributed by atoms with van der Waals surface area (Å²) in [6, 6.07) is 4.78. The van der Waals surface area contributed by atoms with Crippen LogP contribution in [0.2, 0.25) is 0 Å². The first kappa shape index (κ1) is 12.6. The van der Waals surface area contributed by atoms with Crippen LogP contribution < -0.4 is 0 Å². The van der Waals surface area contributed by atoms with Crippen LogP contribution in [0, 0.1) is 13.8 Å². The zero-order valence-corrected chi connectivity index (χ0v) is 9.51. The van der Waals surface area contributed by atoms with Gasteiger partial charge in [-0.15, -0.1) is 0 Å². The number of ether oxygens (including phenoxy) is 1. The first-order valence-electron chi connectivity index (χ1n) is 5.03. The fourth-order valence-electron chi connectivity index (χ4n) is 1.63. The number of rotatable bonds is 3. The highest BCUT2D eigenvalue weighted by atomic mass is 19.3. The van der Waals surface area contributed by atoms with E-state index in [2.05, 4.69) is 4.74 Å². The zero-order valence-electron chi connectivity index (χ0n) is 9.51. The van der Waals surface area contributed by atoms with Gasteiger partial charge in [-0.25, -0.2) is 4.79 Å². The Morgan fingerprint density at radius 2 is 1.81 bits per heavy atom. The largest absolute Gasteiger partial charge is 0.461 e. The molecule has 1 aromatic carbocycles. The topological polar surface area (TPSA) is 26.3 Å². The lowest BCUT2D eigenvalue weighted by Gasteiger charge is -2.19. The van der Waals surface area contributed by atoms with Gasteiger partial charge >= 0.3 is 11.9 Å². The van der Waals surface area contributed by atoms with Crippen LogP contribution >= 0.6 is 0 Å². The molecule has 16 heavy (non-hydrogen) atoms. The molecule has 0 saturated heterocycles. The molecule has 0 unspecified atom stereocenters. The van der Waals surface area contributed by atoms with Crippen molar-refractivity contribution in [3.63, 3.8) is 0 Å². The lowest BCUT2D eigenvalue weighted by atomic mass is 9.97. The SMILES string of the molecule is CCOC(=O)C(F)(F)c1c(C)cccc1C. The van der Waals surface area contributed by atoms with Crippen LogP contribution in [0.25, 0.3) is 0 Å². The molecule has 0 N–H and O–H groups in total. The monoisotopic (exact) mass is 228 g/mol. The molecule has 0 amide bonds. The molecule has 2 nitrogen and oxygen atoms in total. The Kier molecular flexibility index (Phi) is 3.62. The Morgan fingerprint density at radius 3 is 2.25 bits per heavy atom. The molecule has 88 valence electrons. The second-order valence-electron chi connectivity index (χ2n) is 3.56. The third kappa shape index (κ3) is 2.21. The number of benzene rings is 1. The molecule has 1 aromatic rings. The van der Waals surface area contributed by atoms with Gasteiger partial charge in [-0.2, -0.15) is 8.78 Å². The minimum atomic E-state index is -3.58. The number of carbonyl (C=O) groups is 1. The average Bonchev–Trinajstić information content (AvgIpc) is 2.17. The van der Waals surface area contributed by atoms with Gasteiger partial charge in [0.2, 0.25) is 0 Å². The van der Waals surface area contributed by atoms with E-state index in [0.717, 1.165) is 0 Å². The summed E-state index contributed by atoms with van der Waals surface area (Å²) in [5.74, 6) is -5.07. The van der Waals surface area contributed by atoms with E-state index in [1.807, 2.05) is 0 Å². The van der Waals surface area contributed by atoms with Crippen LogP contribution in [0.5, 0.6) is 0 Å². The summed E-state index contributed by atoms with van der Waals surface area (Å²) < 4.78 is 31.9. The molecule has 0 spiro atoms. The average molecular weight is 228 g/mol. The van der Waals surface area contributed by atoms with Crippen molar-refractivity contribution < 1.29 is 18.3 Å². The van der Waals surface area contributed by atoms with E-state index in [1.165, 1.54) is 6.92 Å². The lowest BCUT2D eigenvalue weighted by molar-refractivity contribution is -0.173. The molecule has 0 fully saturated rings. The highest BCUT2D eigenvalue weighted by Gasteiger charge is 2.44. The van der Waals surface area contributed by atoms with E-state index in [9.17, 15) is 13.6 Å². The maximum atomic E-state index is 13.8. The predicted octanol–water partition coefficient (Wildman–Crippen LogP) is 2.96. The van der Waals surface area contributed by atoms with Crippen molar-refractivity contribution in [1.82, 2.24) is 0 Å². The van der Waals surface area contributed by atoms with Crippen LogP contribution in [0.15, 0.2) is 18.2 Å². The van der Waals surface area contributed by atoms with E-state index in [4.69, 9.17) is 0 Å². The molecule has 0 radical (unpaired) electrons. The fourth-order valence-corrected chi connectivity index (χ4v) is 1.63. The molecule has 4 heteroatoms. The van der Waals surface area contributed by atoms with Crippen LogP contribution in [0.1, 0.15) is 23.6 Å². The fraction of sp³-hybridized carbons (Fsp3) is 0.417. The van der Waals surface area contributed by atoms with Gasteiger partial charge in [0.25, 0.3) is 0 Å². The van der Waals surface area contributed by atoms with Crippen molar-refractivity contribution in [3.8, 4) is 0 Å². The second-order valence-corrected chi connectivity index (χ2v) is 3.56. The number of carbonyl (C=O) groups excluding carboxylic acids is 1. The number of aryl methyl sites for hydroxylation is 2. The zero-order chi connectivity index (χ0) is 12.3. The maximum Gasteiger partial charge on any atom is 0.382 e. The van der Waals surface area contributed by atoms with E-state index in [1.54, 1.807) is 32.0 Å². The first-order chi connectivity index (χ1) is 7.41. The number of alkyl halides is 2. The molecule has 1 rings (SSSR count). The lowest BCUT2D eigenvalue weighted by Crippen LogP contribution is -2.30. The minimum absolute atomic E-state index is 0.0562. The van der Waals surface area contributed by atoms with Crippen LogP contribution in [0.3, 0.4) is 0 Å². The van der Waals surface area contributed by atoms with Crippen molar-refractivity contribution in [2.75, 3.05) is 6.61 Å². The summed E-state index contributed by atoms with van der Waals surface area (Å²) in [4.78, 5) is 11.2. The quantitative estimate of drug-likeness (QED) is 0.743. The highest BCUT2D eigenvalue weighted by molar-refractivity contribution is 5.80. The second kappa shape index (κ2) is 4.60. The molecule has 0 bridgehead atoms. The molecule has 0 aliphatic heterocycles. The van der Waals surface area contributed by atoms with Crippen molar-refractivity contribution in [1.29, 1.82) is 0 Å². The maximum absolute atomic E-state index is 13.8. The number of esters is 1. The van der Waals surface area contributed by atoms with Gasteiger partial charge in [-0.05, 0) is 31.9 Å². The van der Waals surface area contributed by atoms with Crippen molar-refractivity contribution in [3.05, 3.63) is 34.9 Å². The molecular weight excluding hydrogens is 214 g/mol. The molecular formula is C12H14F2O2. The molecule has 0 aromatic heterocycles. The van der Waals surface area contributed by atoms with Crippen LogP contribution in [0.4, 0.5) is 8.78 Å². The standard InChI is InChI=1S/C12H14F2O2/c1-4-16-11(15)12(13,14)10-8(2)6-5-7-9(10)3/h5-7H,4H2,1-3H3. The first-order valence-corrected chi connectivity index (χ1v) is 5.03. The molecule has 0 heterocycles. The summed E-state index contributed by atoms with van der Waals surface area (Å²) in [6.45, 7) is 4.54. The summed E-state index contributed by atoms with van der Waals surface area (Å²) in [5, 5.41) is 0. The van der Waals surface area contributed by atoms with Gasteiger partial charge in [-0.3, -0.25) is 0 Å². The molecule has 0 aliphatic carbocycles. The van der Waals surface area contributed by atoms with Crippen LogP contribution in [-0.2, 0) is 15.5 Å². The number of hydrogen-bond donors (Lipinski definition) is 0. The summed E-state index contributed by atoms with van der Waals surface area (Å²) in [6.07, 6.45) is 0. The van der Waals surface area contributed by atoms with Crippen molar-refractivity contribution in [2.24, 2.45) is 0 Å². The van der Waals surface area contributed by atoms with Gasteiger partial charge in [0.05, 0.1) is 6.61 Å². The van der Waals surface area contributed by atoms with Crippen molar-refractivity contribution in [2.45, 2.75) is 26.7 Å². The van der Waals surface area contributed by atoms with Gasteiger partial charge < -0.3 is 4.74 Å². The number of hydrogen-bond acceptors (Lipinski definition) is 2. The summed E-state index contributed by atoms with van der Waals surface area (Å²) in [7, 11) is 0. The Hall–Kier alpha value is -1.45. The Bertz CT molecular complexity index is 380. The molecule has 0 saturated carbocycles. The van der Waals surface area contributed by atoms with Crippen LogP contribution in [-0.4, -0.2) is 12.6 Å².